The van der Waals surface area contributed by atoms with Crippen LogP contribution < -0.4 is 4.74 Å². The van der Waals surface area contributed by atoms with Gasteiger partial charge in [-0.25, -0.2) is 4.68 Å². The Labute approximate surface area is 222 Å². The van der Waals surface area contributed by atoms with Crippen LogP contribution in [0.25, 0.3) is 11.0 Å². The number of aromatic nitrogens is 4. The molecule has 3 N–H and O–H groups in total. The third-order valence-corrected chi connectivity index (χ3v) is 9.07. The smallest absolute Gasteiger partial charge is 0.304 e. The van der Waals surface area contributed by atoms with Crippen LogP contribution >= 0.6 is 10.8 Å². The van der Waals surface area contributed by atoms with Crippen molar-refractivity contribution in [3.05, 3.63) is 76.6 Å². The van der Waals surface area contributed by atoms with E-state index in [-0.39, 0.29) is 19.1 Å². The lowest BCUT2D eigenvalue weighted by molar-refractivity contribution is -0.137. The molecule has 1 aliphatic heterocycles. The van der Waals surface area contributed by atoms with Gasteiger partial charge in [0.2, 0.25) is 0 Å². The molecule has 2 atom stereocenters. The van der Waals surface area contributed by atoms with Crippen molar-refractivity contribution in [2.75, 3.05) is 6.54 Å². The van der Waals surface area contributed by atoms with Gasteiger partial charge in [0, 0.05) is 25.7 Å². The van der Waals surface area contributed by atoms with Crippen molar-refractivity contribution in [3.63, 3.8) is 0 Å². The van der Waals surface area contributed by atoms with Crippen LogP contribution in [0.2, 0.25) is 0 Å². The number of carbonyl (C=O) groups is 1. The zero-order valence-corrected chi connectivity index (χ0v) is 22.5. The van der Waals surface area contributed by atoms with Crippen molar-refractivity contribution in [1.29, 1.82) is 0 Å². The molecule has 2 aromatic heterocycles. The number of hydrogen-bond donors (Lipinski definition) is 3. The number of rotatable bonds is 6. The number of pyridine rings is 1. The van der Waals surface area contributed by atoms with Gasteiger partial charge >= 0.3 is 5.97 Å². The summed E-state index contributed by atoms with van der Waals surface area (Å²) in [6.07, 6.45) is 2.63. The van der Waals surface area contributed by atoms with Crippen LogP contribution in [0.1, 0.15) is 47.1 Å². The van der Waals surface area contributed by atoms with Gasteiger partial charge < -0.3 is 9.84 Å². The van der Waals surface area contributed by atoms with E-state index < -0.39 is 22.7 Å². The van der Waals surface area contributed by atoms with Crippen LogP contribution in [-0.2, 0) is 18.4 Å². The van der Waals surface area contributed by atoms with Gasteiger partial charge in [0.1, 0.15) is 16.5 Å². The highest BCUT2D eigenvalue weighted by molar-refractivity contribution is 8.22. The lowest BCUT2D eigenvalue weighted by Crippen LogP contribution is -2.33. The second-order valence-corrected chi connectivity index (χ2v) is 11.8. The van der Waals surface area contributed by atoms with Crippen LogP contribution in [0.3, 0.4) is 0 Å². The van der Waals surface area contributed by atoms with E-state index in [0.717, 1.165) is 38.9 Å². The quantitative estimate of drug-likeness (QED) is 0.314. The Kier molecular flexibility index (Phi) is 6.86. The molecule has 0 saturated heterocycles. The van der Waals surface area contributed by atoms with Gasteiger partial charge in [-0.2, -0.15) is 4.31 Å². The molecule has 10 nitrogen and oxygen atoms in total. The molecule has 200 valence electrons. The Morgan fingerprint density at radius 3 is 2.76 bits per heavy atom. The number of aryl methyl sites for hydroxylation is 3. The Balaban J connectivity index is 1.54. The van der Waals surface area contributed by atoms with Gasteiger partial charge in [-0.1, -0.05) is 29.5 Å². The van der Waals surface area contributed by atoms with Gasteiger partial charge in [-0.15, -0.1) is 15.9 Å². The number of fused-ring (bicyclic) bond motifs is 2. The fourth-order valence-electron chi connectivity index (χ4n) is 5.10. The second-order valence-electron chi connectivity index (χ2n) is 9.79. The van der Waals surface area contributed by atoms with E-state index in [9.17, 15) is 19.0 Å². The minimum atomic E-state index is -3.34. The molecule has 5 rings (SSSR count). The molecule has 0 spiro atoms. The van der Waals surface area contributed by atoms with Gasteiger partial charge in [0.25, 0.3) is 0 Å². The SMILES string of the molecule is Cc1ccc(C(CC(=O)O)c2ccc3c(nnn3C)c2C)cc1CN1C[C@@H](C)Oc2cnccc2S1(O)O. The molecule has 0 amide bonds. The van der Waals surface area contributed by atoms with Gasteiger partial charge in [-0.05, 0) is 60.7 Å². The van der Waals surface area contributed by atoms with Crippen molar-refractivity contribution in [3.8, 4) is 5.75 Å². The molecule has 38 heavy (non-hydrogen) atoms. The topological polar surface area (TPSA) is 134 Å². The first-order valence-corrected chi connectivity index (χ1v) is 13.8. The summed E-state index contributed by atoms with van der Waals surface area (Å²) >= 11 is 0. The monoisotopic (exact) mass is 537 g/mol. The third kappa shape index (κ3) is 4.73. The summed E-state index contributed by atoms with van der Waals surface area (Å²) in [6.45, 7) is 6.32. The van der Waals surface area contributed by atoms with E-state index in [4.69, 9.17) is 4.74 Å². The molecular formula is C27H31N5O5S. The predicted molar refractivity (Wildman–Crippen MR) is 144 cm³/mol. The molecule has 3 heterocycles. The molecule has 0 fully saturated rings. The number of hydrogen-bond acceptors (Lipinski definition) is 8. The zero-order valence-electron chi connectivity index (χ0n) is 21.7. The number of benzene rings is 2. The first-order chi connectivity index (χ1) is 18.1. The lowest BCUT2D eigenvalue weighted by atomic mass is 9.84. The van der Waals surface area contributed by atoms with Crippen molar-refractivity contribution in [2.45, 2.75) is 50.7 Å². The highest BCUT2D eigenvalue weighted by Gasteiger charge is 2.34. The van der Waals surface area contributed by atoms with Crippen molar-refractivity contribution >= 4 is 27.8 Å². The summed E-state index contributed by atoms with van der Waals surface area (Å²) in [7, 11) is -1.52. The summed E-state index contributed by atoms with van der Waals surface area (Å²) in [5.74, 6) is -0.963. The van der Waals surface area contributed by atoms with Gasteiger partial charge in [0.15, 0.2) is 5.75 Å². The fourth-order valence-corrected chi connectivity index (χ4v) is 6.73. The van der Waals surface area contributed by atoms with Crippen LogP contribution in [-0.4, -0.2) is 57.1 Å². The standard InChI is InChI=1S/C27H31N5O5S/c1-16-5-6-19(22(12-26(33)34)21-7-8-23-27(18(21)3)29-30-31(23)4)11-20(16)15-32-14-17(2)37-24-13-28-10-9-25(24)38(32,35)36/h5-11,13,17,22,35-36H,12,14-15H2,1-4H3,(H,33,34)/t17-,22?/m1/s1. The summed E-state index contributed by atoms with van der Waals surface area (Å²) in [4.78, 5) is 16.3. The average molecular weight is 538 g/mol. The van der Waals surface area contributed by atoms with E-state index in [1.807, 2.05) is 58.2 Å². The van der Waals surface area contributed by atoms with Crippen LogP contribution in [0.15, 0.2) is 53.7 Å². The first kappa shape index (κ1) is 26.1. The van der Waals surface area contributed by atoms with Crippen LogP contribution in [0.5, 0.6) is 5.75 Å². The second kappa shape index (κ2) is 9.99. The van der Waals surface area contributed by atoms with E-state index in [1.165, 1.54) is 12.4 Å². The molecule has 0 saturated carbocycles. The lowest BCUT2D eigenvalue weighted by Gasteiger charge is -2.41. The molecule has 4 aromatic rings. The number of carboxylic acids is 1. The van der Waals surface area contributed by atoms with E-state index >= 15 is 0 Å². The first-order valence-electron chi connectivity index (χ1n) is 12.3. The normalized spacial score (nSPS) is 18.8. The van der Waals surface area contributed by atoms with Crippen molar-refractivity contribution < 1.29 is 23.7 Å². The summed E-state index contributed by atoms with van der Waals surface area (Å²) < 4.78 is 31.9. The Morgan fingerprint density at radius 2 is 2.00 bits per heavy atom. The van der Waals surface area contributed by atoms with Gasteiger partial charge in [-0.3, -0.25) is 18.9 Å². The number of carboxylic acid groups (broad SMARTS) is 1. The highest BCUT2D eigenvalue weighted by Crippen LogP contribution is 2.57. The minimum Gasteiger partial charge on any atom is -0.486 e. The molecule has 0 aliphatic carbocycles. The molecular weight excluding hydrogens is 506 g/mol. The predicted octanol–water partition coefficient (Wildman–Crippen LogP) is 4.89. The van der Waals surface area contributed by atoms with E-state index in [2.05, 4.69) is 15.3 Å². The minimum absolute atomic E-state index is 0.0980. The maximum Gasteiger partial charge on any atom is 0.304 e. The Bertz CT molecular complexity index is 1520. The third-order valence-electron chi connectivity index (χ3n) is 7.15. The van der Waals surface area contributed by atoms with Crippen LogP contribution in [0, 0.1) is 13.8 Å². The molecule has 11 heteroatoms. The van der Waals surface area contributed by atoms with Gasteiger partial charge in [0.05, 0.1) is 24.7 Å². The maximum absolute atomic E-state index is 12.0. The molecule has 1 unspecified atom stereocenters. The summed E-state index contributed by atoms with van der Waals surface area (Å²) in [5, 5.41) is 18.2. The maximum atomic E-state index is 12.0. The summed E-state index contributed by atoms with van der Waals surface area (Å²) in [6, 6.07) is 11.3. The van der Waals surface area contributed by atoms with E-state index in [0.29, 0.717) is 17.2 Å². The Morgan fingerprint density at radius 1 is 1.21 bits per heavy atom. The highest BCUT2D eigenvalue weighted by atomic mass is 32.3. The largest absolute Gasteiger partial charge is 0.486 e. The number of aliphatic carboxylic acids is 1. The fraction of sp³-hybridized carbons (Fsp3) is 0.333. The number of ether oxygens (including phenoxy) is 1. The number of nitrogens with zero attached hydrogens (tertiary/aromatic N) is 5. The summed E-state index contributed by atoms with van der Waals surface area (Å²) in [5.41, 5.74) is 6.06. The van der Waals surface area contributed by atoms with Crippen molar-refractivity contribution in [2.24, 2.45) is 7.05 Å². The molecule has 0 radical (unpaired) electrons. The van der Waals surface area contributed by atoms with E-state index in [1.54, 1.807) is 15.1 Å². The zero-order chi connectivity index (χ0) is 27.2. The molecule has 0 bridgehead atoms. The average Bonchev–Trinajstić information content (AvgIpc) is 3.21. The van der Waals surface area contributed by atoms with Crippen molar-refractivity contribution in [1.82, 2.24) is 24.3 Å². The van der Waals surface area contributed by atoms with Crippen LogP contribution in [0.4, 0.5) is 0 Å². The Hall–Kier alpha value is -3.51. The molecule has 2 aromatic carbocycles. The molecule has 1 aliphatic rings.